The van der Waals surface area contributed by atoms with E-state index in [1.165, 1.54) is 12.8 Å². The number of benzene rings is 1. The predicted octanol–water partition coefficient (Wildman–Crippen LogP) is 2.16. The molecule has 0 radical (unpaired) electrons. The molecule has 0 aliphatic carbocycles. The highest BCUT2D eigenvalue weighted by atomic mass is 16.2. The first-order valence-electron chi connectivity index (χ1n) is 8.00. The highest BCUT2D eigenvalue weighted by Crippen LogP contribution is 2.36. The van der Waals surface area contributed by atoms with Gasteiger partial charge in [-0.3, -0.25) is 4.90 Å². The second-order valence-electron chi connectivity index (χ2n) is 6.56. The molecule has 2 aromatic rings. The van der Waals surface area contributed by atoms with Crippen molar-refractivity contribution in [2.75, 3.05) is 24.5 Å². The number of rotatable bonds is 2. The van der Waals surface area contributed by atoms with Gasteiger partial charge in [0, 0.05) is 30.7 Å². The SMILES string of the molecule is Cn1cc(N(C(N)=O)C2CN3CCC2CC3)c2ccccc21. The quantitative estimate of drug-likeness (QED) is 0.923. The molecule has 1 aromatic carbocycles. The van der Waals surface area contributed by atoms with E-state index in [1.54, 1.807) is 0 Å². The number of anilines is 1. The van der Waals surface area contributed by atoms with E-state index >= 15 is 0 Å². The smallest absolute Gasteiger partial charge is 0.319 e. The van der Waals surface area contributed by atoms with Crippen LogP contribution in [0.1, 0.15) is 12.8 Å². The summed E-state index contributed by atoms with van der Waals surface area (Å²) >= 11 is 0. The summed E-state index contributed by atoms with van der Waals surface area (Å²) in [7, 11) is 2.02. The number of hydrogen-bond acceptors (Lipinski definition) is 2. The van der Waals surface area contributed by atoms with Gasteiger partial charge in [-0.2, -0.15) is 0 Å². The number of aromatic nitrogens is 1. The summed E-state index contributed by atoms with van der Waals surface area (Å²) in [5.74, 6) is 0.566. The van der Waals surface area contributed by atoms with Gasteiger partial charge in [0.1, 0.15) is 0 Å². The average Bonchev–Trinajstić information content (AvgIpc) is 2.86. The summed E-state index contributed by atoms with van der Waals surface area (Å²) in [6.45, 7) is 3.25. The van der Waals surface area contributed by atoms with Gasteiger partial charge in [0.2, 0.25) is 0 Å². The number of urea groups is 1. The van der Waals surface area contributed by atoms with E-state index in [-0.39, 0.29) is 12.1 Å². The largest absolute Gasteiger partial charge is 0.351 e. The van der Waals surface area contributed by atoms with Crippen molar-refractivity contribution in [1.82, 2.24) is 9.47 Å². The number of nitrogens with two attached hydrogens (primary N) is 1. The summed E-state index contributed by atoms with van der Waals surface area (Å²) < 4.78 is 2.07. The Morgan fingerprint density at radius 3 is 2.64 bits per heavy atom. The van der Waals surface area contributed by atoms with E-state index in [0.29, 0.717) is 5.92 Å². The summed E-state index contributed by atoms with van der Waals surface area (Å²) in [5, 5.41) is 1.10. The third kappa shape index (κ3) is 2.00. The van der Waals surface area contributed by atoms with Crippen molar-refractivity contribution < 1.29 is 4.79 Å². The van der Waals surface area contributed by atoms with Gasteiger partial charge in [-0.15, -0.1) is 0 Å². The second-order valence-corrected chi connectivity index (χ2v) is 6.56. The van der Waals surface area contributed by atoms with Crippen molar-refractivity contribution in [3.63, 3.8) is 0 Å². The number of aryl methyl sites for hydroxylation is 1. The molecule has 5 nitrogen and oxygen atoms in total. The fourth-order valence-electron chi connectivity index (χ4n) is 4.20. The zero-order valence-electron chi connectivity index (χ0n) is 12.9. The zero-order valence-corrected chi connectivity index (χ0v) is 12.9. The second kappa shape index (κ2) is 5.02. The van der Waals surface area contributed by atoms with Gasteiger partial charge >= 0.3 is 6.03 Å². The lowest BCUT2D eigenvalue weighted by atomic mass is 9.83. The minimum atomic E-state index is -0.338. The minimum Gasteiger partial charge on any atom is -0.351 e. The molecule has 3 fully saturated rings. The maximum absolute atomic E-state index is 12.2. The van der Waals surface area contributed by atoms with Crippen LogP contribution in [0.25, 0.3) is 10.9 Å². The van der Waals surface area contributed by atoms with Crippen molar-refractivity contribution in [3.05, 3.63) is 30.5 Å². The van der Waals surface area contributed by atoms with Gasteiger partial charge < -0.3 is 15.2 Å². The van der Waals surface area contributed by atoms with Crippen LogP contribution in [-0.4, -0.2) is 41.2 Å². The minimum absolute atomic E-state index is 0.200. The van der Waals surface area contributed by atoms with E-state index in [1.807, 2.05) is 30.3 Å². The van der Waals surface area contributed by atoms with Crippen LogP contribution >= 0.6 is 0 Å². The van der Waals surface area contributed by atoms with E-state index in [4.69, 9.17) is 5.73 Å². The van der Waals surface area contributed by atoms with Crippen molar-refractivity contribution in [2.45, 2.75) is 18.9 Å². The van der Waals surface area contributed by atoms with Crippen LogP contribution in [0.5, 0.6) is 0 Å². The van der Waals surface area contributed by atoms with Crippen molar-refractivity contribution in [3.8, 4) is 0 Å². The van der Waals surface area contributed by atoms with Gasteiger partial charge in [0.15, 0.2) is 0 Å². The maximum Gasteiger partial charge on any atom is 0.319 e. The number of para-hydroxylation sites is 1. The van der Waals surface area contributed by atoms with E-state index in [9.17, 15) is 4.79 Å². The van der Waals surface area contributed by atoms with Crippen LogP contribution in [0.3, 0.4) is 0 Å². The average molecular weight is 298 g/mol. The molecule has 22 heavy (non-hydrogen) atoms. The molecule has 3 saturated heterocycles. The topological polar surface area (TPSA) is 54.5 Å². The molecule has 4 heterocycles. The highest BCUT2D eigenvalue weighted by Gasteiger charge is 2.40. The highest BCUT2D eigenvalue weighted by molar-refractivity contribution is 6.03. The van der Waals surface area contributed by atoms with Crippen LogP contribution in [-0.2, 0) is 7.05 Å². The summed E-state index contributed by atoms with van der Waals surface area (Å²) in [6, 6.07) is 8.05. The van der Waals surface area contributed by atoms with Gasteiger partial charge in [0.25, 0.3) is 0 Å². The monoisotopic (exact) mass is 298 g/mol. The van der Waals surface area contributed by atoms with E-state index in [2.05, 4.69) is 21.6 Å². The molecule has 1 atom stereocenters. The summed E-state index contributed by atoms with van der Waals surface area (Å²) in [5.41, 5.74) is 7.87. The number of primary amides is 1. The molecule has 3 aliphatic heterocycles. The Labute approximate surface area is 130 Å². The van der Waals surface area contributed by atoms with Crippen molar-refractivity contribution in [2.24, 2.45) is 18.7 Å². The number of nitrogens with zero attached hydrogens (tertiary/aromatic N) is 3. The molecule has 3 aliphatic rings. The molecule has 0 saturated carbocycles. The zero-order chi connectivity index (χ0) is 15.3. The fraction of sp³-hybridized carbons (Fsp3) is 0.471. The molecular formula is C17H22N4O. The Kier molecular flexibility index (Phi) is 3.11. The maximum atomic E-state index is 12.2. The van der Waals surface area contributed by atoms with Crippen LogP contribution in [0, 0.1) is 5.92 Å². The van der Waals surface area contributed by atoms with Crippen LogP contribution in [0.2, 0.25) is 0 Å². The molecule has 116 valence electrons. The summed E-state index contributed by atoms with van der Waals surface area (Å²) in [4.78, 5) is 16.5. The lowest BCUT2D eigenvalue weighted by Gasteiger charge is -2.48. The molecule has 2 N–H and O–H groups in total. The number of carbonyl (C=O) groups excluding carboxylic acids is 1. The molecule has 2 bridgehead atoms. The number of piperidine rings is 3. The lowest BCUT2D eigenvalue weighted by molar-refractivity contribution is 0.0879. The Morgan fingerprint density at radius 1 is 1.27 bits per heavy atom. The van der Waals surface area contributed by atoms with Crippen molar-refractivity contribution >= 4 is 22.6 Å². The molecular weight excluding hydrogens is 276 g/mol. The number of amides is 2. The molecule has 0 spiro atoms. The number of fused-ring (bicyclic) bond motifs is 4. The van der Waals surface area contributed by atoms with E-state index < -0.39 is 0 Å². The number of carbonyl (C=O) groups is 1. The molecule has 5 rings (SSSR count). The third-order valence-corrected chi connectivity index (χ3v) is 5.33. The molecule has 5 heteroatoms. The van der Waals surface area contributed by atoms with Gasteiger partial charge in [-0.05, 0) is 37.9 Å². The van der Waals surface area contributed by atoms with Crippen LogP contribution < -0.4 is 10.6 Å². The Bertz CT molecular complexity index is 715. The Hall–Kier alpha value is -2.01. The fourth-order valence-corrected chi connectivity index (χ4v) is 4.20. The first kappa shape index (κ1) is 13.6. The molecule has 1 aromatic heterocycles. The summed E-state index contributed by atoms with van der Waals surface area (Å²) in [6.07, 6.45) is 4.37. The van der Waals surface area contributed by atoms with Gasteiger partial charge in [0.05, 0.1) is 11.7 Å². The first-order valence-corrected chi connectivity index (χ1v) is 8.00. The standard InChI is InChI=1S/C17H22N4O/c1-19-10-16(13-4-2-3-5-14(13)19)21(17(18)22)15-11-20-8-6-12(15)7-9-20/h2-5,10,12,15H,6-9,11H2,1H3,(H2,18,22). The van der Waals surface area contributed by atoms with Crippen LogP contribution in [0.15, 0.2) is 30.5 Å². The predicted molar refractivity (Wildman–Crippen MR) is 87.9 cm³/mol. The number of hydrogen-bond donors (Lipinski definition) is 1. The van der Waals surface area contributed by atoms with Gasteiger partial charge in [-0.25, -0.2) is 4.79 Å². The Morgan fingerprint density at radius 2 is 2.00 bits per heavy atom. The van der Waals surface area contributed by atoms with Crippen molar-refractivity contribution in [1.29, 1.82) is 0 Å². The molecule has 1 unspecified atom stereocenters. The third-order valence-electron chi connectivity index (χ3n) is 5.33. The van der Waals surface area contributed by atoms with E-state index in [0.717, 1.165) is 36.2 Å². The molecule has 2 amide bonds. The normalized spacial score (nSPS) is 27.2. The Balaban J connectivity index is 1.80. The first-order chi connectivity index (χ1) is 10.6. The lowest BCUT2D eigenvalue weighted by Crippen LogP contribution is -2.60. The van der Waals surface area contributed by atoms with Crippen LogP contribution in [0.4, 0.5) is 10.5 Å². The van der Waals surface area contributed by atoms with Gasteiger partial charge in [-0.1, -0.05) is 18.2 Å².